The summed E-state index contributed by atoms with van der Waals surface area (Å²) in [7, 11) is 3.13. The quantitative estimate of drug-likeness (QED) is 0.747. The Labute approximate surface area is 149 Å². The van der Waals surface area contributed by atoms with Crippen LogP contribution in [0.1, 0.15) is 21.9 Å². The molecule has 0 atom stereocenters. The highest BCUT2D eigenvalue weighted by atomic mass is 19.1. The number of nitrogens with one attached hydrogen (secondary N) is 1. The van der Waals surface area contributed by atoms with Gasteiger partial charge in [-0.2, -0.15) is 0 Å². The largest absolute Gasteiger partial charge is 0.494 e. The number of rotatable bonds is 5. The lowest BCUT2D eigenvalue weighted by atomic mass is 10.2. The maximum absolute atomic E-state index is 13.4. The van der Waals surface area contributed by atoms with Crippen LogP contribution in [0.25, 0.3) is 11.5 Å². The van der Waals surface area contributed by atoms with Crippen molar-refractivity contribution in [2.45, 2.75) is 13.5 Å². The Morgan fingerprint density at radius 2 is 2.12 bits per heavy atom. The van der Waals surface area contributed by atoms with E-state index in [1.807, 2.05) is 0 Å². The van der Waals surface area contributed by atoms with Gasteiger partial charge in [0.1, 0.15) is 23.5 Å². The molecule has 0 saturated carbocycles. The average molecular weight is 356 g/mol. The van der Waals surface area contributed by atoms with E-state index in [0.717, 1.165) is 0 Å². The summed E-state index contributed by atoms with van der Waals surface area (Å²) in [6.07, 6.45) is 1.55. The first kappa shape index (κ1) is 17.5. The van der Waals surface area contributed by atoms with Crippen LogP contribution in [0.4, 0.5) is 4.39 Å². The fourth-order valence-corrected chi connectivity index (χ4v) is 2.34. The van der Waals surface area contributed by atoms with E-state index < -0.39 is 5.82 Å². The minimum atomic E-state index is -0.457. The number of nitrogens with zero attached hydrogens (tertiary/aromatic N) is 5. The van der Waals surface area contributed by atoms with Gasteiger partial charge in [-0.1, -0.05) is 6.07 Å². The maximum Gasteiger partial charge on any atom is 0.270 e. The SMILES string of the molecule is COc1cc(CNC(=O)c2cc(-c3ncn(C)n3)nc(C)n2)ccc1F. The van der Waals surface area contributed by atoms with Crippen molar-refractivity contribution >= 4 is 5.91 Å². The van der Waals surface area contributed by atoms with E-state index in [1.165, 1.54) is 25.3 Å². The summed E-state index contributed by atoms with van der Waals surface area (Å²) in [6.45, 7) is 1.89. The Morgan fingerprint density at radius 3 is 2.81 bits per heavy atom. The van der Waals surface area contributed by atoms with E-state index in [1.54, 1.807) is 31.0 Å². The van der Waals surface area contributed by atoms with Gasteiger partial charge in [-0.25, -0.2) is 19.3 Å². The predicted molar refractivity (Wildman–Crippen MR) is 90.9 cm³/mol. The second-order valence-corrected chi connectivity index (χ2v) is 5.58. The molecule has 0 spiro atoms. The van der Waals surface area contributed by atoms with Crippen molar-refractivity contribution in [3.05, 3.63) is 53.5 Å². The normalized spacial score (nSPS) is 10.6. The van der Waals surface area contributed by atoms with Gasteiger partial charge in [-0.05, 0) is 30.7 Å². The van der Waals surface area contributed by atoms with E-state index in [4.69, 9.17) is 4.74 Å². The van der Waals surface area contributed by atoms with Gasteiger partial charge in [0, 0.05) is 13.6 Å². The smallest absolute Gasteiger partial charge is 0.270 e. The highest BCUT2D eigenvalue weighted by molar-refractivity contribution is 5.93. The minimum Gasteiger partial charge on any atom is -0.494 e. The zero-order valence-corrected chi connectivity index (χ0v) is 14.5. The van der Waals surface area contributed by atoms with Crippen molar-refractivity contribution in [2.24, 2.45) is 7.05 Å². The number of ether oxygens (including phenoxy) is 1. The van der Waals surface area contributed by atoms with Gasteiger partial charge in [-0.3, -0.25) is 9.48 Å². The summed E-state index contributed by atoms with van der Waals surface area (Å²) < 4.78 is 19.9. The molecule has 0 saturated heterocycles. The van der Waals surface area contributed by atoms with E-state index >= 15 is 0 Å². The molecule has 26 heavy (non-hydrogen) atoms. The van der Waals surface area contributed by atoms with Crippen molar-refractivity contribution in [2.75, 3.05) is 7.11 Å². The number of amides is 1. The number of carbonyl (C=O) groups excluding carboxylic acids is 1. The standard InChI is InChI=1S/C17H17FN6O2/c1-10-21-13(16-20-9-24(2)23-16)7-14(22-10)17(25)19-8-11-4-5-12(18)15(6-11)26-3/h4-7,9H,8H2,1-3H3,(H,19,25). The summed E-state index contributed by atoms with van der Waals surface area (Å²) in [4.78, 5) is 25.0. The Balaban J connectivity index is 1.76. The predicted octanol–water partition coefficient (Wildman–Crippen LogP) is 1.66. The molecule has 0 unspecified atom stereocenters. The van der Waals surface area contributed by atoms with Crippen LogP contribution >= 0.6 is 0 Å². The molecule has 0 aliphatic rings. The molecule has 9 heteroatoms. The number of halogens is 1. The molecule has 2 heterocycles. The van der Waals surface area contributed by atoms with Crippen LogP contribution in [0.3, 0.4) is 0 Å². The number of carbonyl (C=O) groups is 1. The first-order valence-electron chi connectivity index (χ1n) is 7.78. The van der Waals surface area contributed by atoms with E-state index in [9.17, 15) is 9.18 Å². The highest BCUT2D eigenvalue weighted by Crippen LogP contribution is 2.18. The third kappa shape index (κ3) is 3.82. The summed E-state index contributed by atoms with van der Waals surface area (Å²) >= 11 is 0. The van der Waals surface area contributed by atoms with Gasteiger partial charge in [0.25, 0.3) is 5.91 Å². The molecule has 3 rings (SSSR count). The maximum atomic E-state index is 13.4. The second kappa shape index (κ2) is 7.26. The number of hydrogen-bond acceptors (Lipinski definition) is 6. The van der Waals surface area contributed by atoms with E-state index in [-0.39, 0.29) is 23.9 Å². The lowest BCUT2D eigenvalue weighted by Crippen LogP contribution is -2.24. The molecule has 1 amide bonds. The molecule has 1 N–H and O–H groups in total. The topological polar surface area (TPSA) is 94.8 Å². The van der Waals surface area contributed by atoms with Gasteiger partial charge >= 0.3 is 0 Å². The lowest BCUT2D eigenvalue weighted by Gasteiger charge is -2.08. The lowest BCUT2D eigenvalue weighted by molar-refractivity contribution is 0.0945. The van der Waals surface area contributed by atoms with Crippen molar-refractivity contribution < 1.29 is 13.9 Å². The summed E-state index contributed by atoms with van der Waals surface area (Å²) in [5, 5.41) is 6.92. The first-order chi connectivity index (χ1) is 12.5. The van der Waals surface area contributed by atoms with Crippen LogP contribution < -0.4 is 10.1 Å². The van der Waals surface area contributed by atoms with Crippen LogP contribution in [-0.2, 0) is 13.6 Å². The zero-order valence-electron chi connectivity index (χ0n) is 14.5. The molecule has 2 aromatic heterocycles. The number of benzene rings is 1. The number of methoxy groups -OCH3 is 1. The monoisotopic (exact) mass is 356 g/mol. The molecular formula is C17H17FN6O2. The Morgan fingerprint density at radius 1 is 1.31 bits per heavy atom. The highest BCUT2D eigenvalue weighted by Gasteiger charge is 2.14. The molecule has 134 valence electrons. The van der Waals surface area contributed by atoms with Gasteiger partial charge in [0.2, 0.25) is 0 Å². The molecule has 0 fully saturated rings. The summed E-state index contributed by atoms with van der Waals surface area (Å²) in [5.41, 5.74) is 1.37. The first-order valence-corrected chi connectivity index (χ1v) is 7.78. The van der Waals surface area contributed by atoms with Crippen LogP contribution in [0.15, 0.2) is 30.6 Å². The van der Waals surface area contributed by atoms with Gasteiger partial charge in [-0.15, -0.1) is 5.10 Å². The Kier molecular flexibility index (Phi) is 4.87. The van der Waals surface area contributed by atoms with E-state index in [0.29, 0.717) is 22.9 Å². The fourth-order valence-electron chi connectivity index (χ4n) is 2.34. The van der Waals surface area contributed by atoms with Crippen molar-refractivity contribution in [3.8, 4) is 17.3 Å². The van der Waals surface area contributed by atoms with Crippen molar-refractivity contribution in [1.29, 1.82) is 0 Å². The van der Waals surface area contributed by atoms with Crippen LogP contribution in [0.2, 0.25) is 0 Å². The van der Waals surface area contributed by atoms with Gasteiger partial charge < -0.3 is 10.1 Å². The molecule has 8 nitrogen and oxygen atoms in total. The van der Waals surface area contributed by atoms with E-state index in [2.05, 4.69) is 25.4 Å². The molecule has 0 aliphatic carbocycles. The zero-order chi connectivity index (χ0) is 18.7. The van der Waals surface area contributed by atoms with Crippen LogP contribution in [-0.4, -0.2) is 37.7 Å². The summed E-state index contributed by atoms with van der Waals surface area (Å²) in [5.74, 6) is 0.134. The molecule has 3 aromatic rings. The average Bonchev–Trinajstić information content (AvgIpc) is 3.06. The fraction of sp³-hybridized carbons (Fsp3) is 0.235. The number of hydrogen-bond donors (Lipinski definition) is 1. The summed E-state index contributed by atoms with van der Waals surface area (Å²) in [6, 6.07) is 5.93. The van der Waals surface area contributed by atoms with Crippen molar-refractivity contribution in [1.82, 2.24) is 30.0 Å². The van der Waals surface area contributed by atoms with Crippen LogP contribution in [0, 0.1) is 12.7 Å². The molecule has 1 aromatic carbocycles. The third-order valence-corrected chi connectivity index (χ3v) is 3.57. The number of aryl methyl sites for hydroxylation is 2. The van der Waals surface area contributed by atoms with Crippen molar-refractivity contribution in [3.63, 3.8) is 0 Å². The van der Waals surface area contributed by atoms with Crippen LogP contribution in [0.5, 0.6) is 5.75 Å². The minimum absolute atomic E-state index is 0.123. The molecule has 0 aliphatic heterocycles. The Hall–Kier alpha value is -3.36. The van der Waals surface area contributed by atoms with Gasteiger partial charge in [0.05, 0.1) is 7.11 Å². The van der Waals surface area contributed by atoms with Gasteiger partial charge in [0.15, 0.2) is 17.4 Å². The number of aromatic nitrogens is 5. The second-order valence-electron chi connectivity index (χ2n) is 5.58. The Bertz CT molecular complexity index is 956. The molecular weight excluding hydrogens is 339 g/mol. The molecule has 0 radical (unpaired) electrons. The third-order valence-electron chi connectivity index (χ3n) is 3.57. The molecule has 0 bridgehead atoms.